The number of aryl methyl sites for hydroxylation is 1. The van der Waals surface area contributed by atoms with Crippen molar-refractivity contribution in [2.75, 3.05) is 6.54 Å². The van der Waals surface area contributed by atoms with Crippen molar-refractivity contribution in [2.45, 2.75) is 13.5 Å². The van der Waals surface area contributed by atoms with Crippen molar-refractivity contribution in [3.8, 4) is 0 Å². The second kappa shape index (κ2) is 4.24. The summed E-state index contributed by atoms with van der Waals surface area (Å²) in [5, 5.41) is 13.9. The van der Waals surface area contributed by atoms with Gasteiger partial charge in [0.15, 0.2) is 12.4 Å². The highest BCUT2D eigenvalue weighted by Crippen LogP contribution is 2.12. The molecule has 1 rings (SSSR count). The van der Waals surface area contributed by atoms with Gasteiger partial charge in [-0.15, -0.1) is 0 Å². The zero-order valence-corrected chi connectivity index (χ0v) is 7.54. The first-order valence-electron chi connectivity index (χ1n) is 3.86. The van der Waals surface area contributed by atoms with Crippen LogP contribution in [0, 0.1) is 22.6 Å². The summed E-state index contributed by atoms with van der Waals surface area (Å²) in [6.45, 7) is 2.22. The molecule has 8 heteroatoms. The van der Waals surface area contributed by atoms with Crippen LogP contribution in [0.3, 0.4) is 0 Å². The molecule has 1 aromatic rings. The average Bonchev–Trinajstić information content (AvgIpc) is 2.48. The molecule has 8 nitrogen and oxygen atoms in total. The van der Waals surface area contributed by atoms with E-state index in [1.807, 2.05) is 0 Å². The van der Waals surface area contributed by atoms with E-state index in [0.717, 1.165) is 0 Å². The molecule has 0 saturated heterocycles. The lowest BCUT2D eigenvalue weighted by atomic mass is 10.5. The number of rotatable bonds is 4. The summed E-state index contributed by atoms with van der Waals surface area (Å²) < 4.78 is 1.43. The van der Waals surface area contributed by atoms with Crippen LogP contribution in [0.1, 0.15) is 5.82 Å². The van der Waals surface area contributed by atoms with Crippen molar-refractivity contribution < 1.29 is 4.92 Å². The number of hydrogen-bond acceptors (Lipinski definition) is 5. The number of nitro groups is 1. The fourth-order valence-corrected chi connectivity index (χ4v) is 1.07. The lowest BCUT2D eigenvalue weighted by Gasteiger charge is -1.97. The van der Waals surface area contributed by atoms with Crippen molar-refractivity contribution in [1.82, 2.24) is 14.5 Å². The molecule has 1 heterocycles. The lowest BCUT2D eigenvalue weighted by Crippen LogP contribution is -2.07. The van der Waals surface area contributed by atoms with Crippen molar-refractivity contribution in [1.29, 1.82) is 5.53 Å². The van der Waals surface area contributed by atoms with Gasteiger partial charge in [-0.3, -0.25) is 0 Å². The van der Waals surface area contributed by atoms with Gasteiger partial charge in [-0.1, -0.05) is 0 Å². The topological polar surface area (TPSA) is 111 Å². The number of nitrogens with one attached hydrogen (secondary N) is 1. The highest BCUT2D eigenvalue weighted by atomic mass is 16.6. The fraction of sp³-hybridized carbons (Fsp3) is 0.500. The molecule has 0 atom stereocenters. The Morgan fingerprint density at radius 3 is 3.14 bits per heavy atom. The van der Waals surface area contributed by atoms with Crippen LogP contribution in [0.2, 0.25) is 0 Å². The molecule has 0 aliphatic carbocycles. The van der Waals surface area contributed by atoms with Gasteiger partial charge in [0.25, 0.3) is 0 Å². The largest absolute Gasteiger partial charge is 0.358 e. The van der Waals surface area contributed by atoms with Crippen molar-refractivity contribution >= 4 is 5.82 Å². The fourth-order valence-electron chi connectivity index (χ4n) is 1.07. The van der Waals surface area contributed by atoms with Crippen LogP contribution in [0.4, 0.5) is 5.82 Å². The maximum atomic E-state index is 10.5. The van der Waals surface area contributed by atoms with Gasteiger partial charge < -0.3 is 10.1 Å². The van der Waals surface area contributed by atoms with E-state index in [1.165, 1.54) is 10.8 Å². The zero-order valence-electron chi connectivity index (χ0n) is 7.54. The number of aromatic nitrogens is 2. The minimum atomic E-state index is -0.502. The van der Waals surface area contributed by atoms with E-state index >= 15 is 0 Å². The first-order chi connectivity index (χ1) is 6.66. The molecule has 0 aromatic carbocycles. The maximum absolute atomic E-state index is 10.5. The van der Waals surface area contributed by atoms with Crippen LogP contribution in [0.5, 0.6) is 0 Å². The summed E-state index contributed by atoms with van der Waals surface area (Å²) in [5.74, 6) is 0.486. The first-order valence-corrected chi connectivity index (χ1v) is 3.86. The molecule has 0 aliphatic rings. The lowest BCUT2D eigenvalue weighted by molar-refractivity contribution is -0.392. The van der Waals surface area contributed by atoms with Gasteiger partial charge in [0, 0.05) is 6.92 Å². The summed E-state index contributed by atoms with van der Waals surface area (Å²) in [7, 11) is 0. The Morgan fingerprint density at radius 1 is 1.86 bits per heavy atom. The highest BCUT2D eigenvalue weighted by molar-refractivity contribution is 5.18. The second-order valence-corrected chi connectivity index (χ2v) is 2.54. The average molecular weight is 197 g/mol. The molecule has 0 spiro atoms. The van der Waals surface area contributed by atoms with E-state index in [0.29, 0.717) is 12.4 Å². The van der Waals surface area contributed by atoms with Crippen LogP contribution in [0.25, 0.3) is 0 Å². The smallest absolute Gasteiger partial charge is 0.342 e. The molecule has 0 bridgehead atoms. The monoisotopic (exact) mass is 197 g/mol. The maximum Gasteiger partial charge on any atom is 0.342 e. The van der Waals surface area contributed by atoms with Gasteiger partial charge in [-0.2, -0.15) is 0 Å². The Hall–Kier alpha value is -2.08. The summed E-state index contributed by atoms with van der Waals surface area (Å²) in [6, 6.07) is 0. The molecule has 74 valence electrons. The summed E-state index contributed by atoms with van der Waals surface area (Å²) in [5.41, 5.74) is 6.42. The Balaban J connectivity index is 2.87. The number of nitrogens with zero attached hydrogens (tertiary/aromatic N) is 5. The molecule has 0 fully saturated rings. The third-order valence-corrected chi connectivity index (χ3v) is 1.72. The predicted octanol–water partition coefficient (Wildman–Crippen LogP) is 0.650. The Labute approximate surface area is 79.0 Å². The van der Waals surface area contributed by atoms with Crippen LogP contribution in [0.15, 0.2) is 11.3 Å². The highest BCUT2D eigenvalue weighted by Gasteiger charge is 2.16. The second-order valence-electron chi connectivity index (χ2n) is 2.54. The molecule has 0 unspecified atom stereocenters. The van der Waals surface area contributed by atoms with Crippen LogP contribution < -0.4 is 4.91 Å². The normalized spacial score (nSPS) is 9.50. The third-order valence-electron chi connectivity index (χ3n) is 1.72. The molecule has 0 saturated carbocycles. The molecule has 1 aromatic heterocycles. The van der Waals surface area contributed by atoms with Gasteiger partial charge in [-0.25, -0.2) is 9.55 Å². The van der Waals surface area contributed by atoms with E-state index in [4.69, 9.17) is 5.53 Å². The quantitative estimate of drug-likeness (QED) is 0.331. The van der Waals surface area contributed by atoms with Crippen LogP contribution in [-0.2, 0) is 6.54 Å². The molecular weight excluding hydrogens is 188 g/mol. The van der Waals surface area contributed by atoms with Gasteiger partial charge in [-0.05, 0) is 4.92 Å². The van der Waals surface area contributed by atoms with Gasteiger partial charge in [0.05, 0.1) is 0 Å². The van der Waals surface area contributed by atoms with E-state index in [9.17, 15) is 10.1 Å². The number of imidazole rings is 1. The van der Waals surface area contributed by atoms with Crippen molar-refractivity contribution in [3.05, 3.63) is 22.1 Å². The van der Waals surface area contributed by atoms with Crippen LogP contribution in [-0.4, -0.2) is 21.0 Å². The van der Waals surface area contributed by atoms with Gasteiger partial charge in [0.2, 0.25) is 4.91 Å². The predicted molar refractivity (Wildman–Crippen MR) is 45.8 cm³/mol. The molecular formula is C6H9N6O2+. The van der Waals surface area contributed by atoms with E-state index in [2.05, 4.69) is 15.0 Å². The van der Waals surface area contributed by atoms with Crippen molar-refractivity contribution in [2.24, 2.45) is 5.11 Å². The Bertz CT molecular complexity index is 391. The molecule has 0 aliphatic heterocycles. The van der Waals surface area contributed by atoms with Crippen LogP contribution >= 0.6 is 0 Å². The number of hydrogen-bond donors (Lipinski definition) is 1. The minimum Gasteiger partial charge on any atom is -0.358 e. The zero-order chi connectivity index (χ0) is 10.6. The Kier molecular flexibility index (Phi) is 3.03. The summed E-state index contributed by atoms with van der Waals surface area (Å²) in [4.78, 5) is 16.6. The summed E-state index contributed by atoms with van der Waals surface area (Å²) in [6.07, 6.45) is 1.20. The standard InChI is InChI=1S/C6H9N6O2/c1-5-8-4-6(12(13)14)11(5)3-2-9-10-7/h4,7H,2-3H2,1H3/q+1. The summed E-state index contributed by atoms with van der Waals surface area (Å²) >= 11 is 0. The molecule has 14 heavy (non-hydrogen) atoms. The Morgan fingerprint density at radius 2 is 2.57 bits per heavy atom. The SMILES string of the molecule is Cc1ncc([N+](=O)[O-])n1CCN=[N+]=N. The first kappa shape index (κ1) is 10.0. The van der Waals surface area contributed by atoms with Gasteiger partial charge in [0.1, 0.15) is 23.4 Å². The molecule has 1 N–H and O–H groups in total. The van der Waals surface area contributed by atoms with Gasteiger partial charge >= 0.3 is 5.82 Å². The van der Waals surface area contributed by atoms with E-state index in [-0.39, 0.29) is 12.4 Å². The molecule has 0 radical (unpaired) electrons. The third kappa shape index (κ3) is 1.99. The van der Waals surface area contributed by atoms with E-state index in [1.54, 1.807) is 6.92 Å². The minimum absolute atomic E-state index is 0.0670. The molecule has 0 amide bonds. The van der Waals surface area contributed by atoms with Crippen molar-refractivity contribution in [3.63, 3.8) is 0 Å². The van der Waals surface area contributed by atoms with E-state index < -0.39 is 4.92 Å².